The van der Waals surface area contributed by atoms with Gasteiger partial charge in [-0.15, -0.1) is 0 Å². The molecule has 0 amide bonds. The van der Waals surface area contributed by atoms with Crippen LogP contribution in [0.1, 0.15) is 59.8 Å². The van der Waals surface area contributed by atoms with Crippen molar-refractivity contribution in [2.75, 3.05) is 0 Å². The number of hydrogen-bond donors (Lipinski definition) is 1. The highest BCUT2D eigenvalue weighted by molar-refractivity contribution is 6.04. The first kappa shape index (κ1) is 16.3. The van der Waals surface area contributed by atoms with Crippen molar-refractivity contribution in [2.45, 2.75) is 71.5 Å². The Morgan fingerprint density at radius 2 is 1.92 bits per heavy atom. The van der Waals surface area contributed by atoms with Crippen LogP contribution in [0.2, 0.25) is 0 Å². The van der Waals surface area contributed by atoms with Crippen molar-refractivity contribution in [3.05, 3.63) is 11.6 Å². The third kappa shape index (κ3) is 1.78. The molecule has 4 aliphatic rings. The van der Waals surface area contributed by atoms with E-state index in [9.17, 15) is 14.7 Å². The van der Waals surface area contributed by atoms with Crippen LogP contribution in [-0.2, 0) is 14.3 Å². The van der Waals surface area contributed by atoms with Crippen molar-refractivity contribution in [1.82, 2.24) is 0 Å². The van der Waals surface area contributed by atoms with E-state index in [2.05, 4.69) is 6.92 Å². The number of ketones is 1. The molecule has 4 nitrogen and oxygen atoms in total. The fourth-order valence-corrected chi connectivity index (χ4v) is 6.22. The van der Waals surface area contributed by atoms with Gasteiger partial charge in [0, 0.05) is 11.5 Å². The lowest BCUT2D eigenvalue weighted by Gasteiger charge is -2.56. The molecule has 1 heterocycles. The highest BCUT2D eigenvalue weighted by atomic mass is 16.6. The van der Waals surface area contributed by atoms with Crippen LogP contribution >= 0.6 is 0 Å². The van der Waals surface area contributed by atoms with Gasteiger partial charge in [-0.2, -0.15) is 0 Å². The number of fused-ring (bicyclic) bond motifs is 2. The van der Waals surface area contributed by atoms with E-state index in [1.807, 2.05) is 26.8 Å². The van der Waals surface area contributed by atoms with Gasteiger partial charge in [-0.25, -0.2) is 0 Å². The standard InChI is InChI=1S/C20H28O4/c1-11(2)20(23)9-6-13-12(10-20)14(21)15-16-18(13,3)7-5-8-19(16,4)17(22)24-15/h10-11,13,15-16,23H,5-9H2,1-4H3. The van der Waals surface area contributed by atoms with Crippen molar-refractivity contribution in [3.63, 3.8) is 0 Å². The van der Waals surface area contributed by atoms with E-state index in [0.717, 1.165) is 31.3 Å². The maximum absolute atomic E-state index is 13.2. The van der Waals surface area contributed by atoms with Crippen LogP contribution in [-0.4, -0.2) is 28.6 Å². The van der Waals surface area contributed by atoms with Gasteiger partial charge in [-0.3, -0.25) is 9.59 Å². The second-order valence-corrected chi connectivity index (χ2v) is 9.28. The Morgan fingerprint density at radius 3 is 2.58 bits per heavy atom. The quantitative estimate of drug-likeness (QED) is 0.750. The Kier molecular flexibility index (Phi) is 3.21. The maximum Gasteiger partial charge on any atom is 0.312 e. The number of rotatable bonds is 1. The molecule has 1 saturated heterocycles. The molecule has 1 N–H and O–H groups in total. The first-order valence-corrected chi connectivity index (χ1v) is 9.34. The lowest BCUT2D eigenvalue weighted by Crippen LogP contribution is -2.58. The monoisotopic (exact) mass is 332 g/mol. The van der Waals surface area contributed by atoms with Gasteiger partial charge >= 0.3 is 5.97 Å². The Labute approximate surface area is 143 Å². The molecule has 0 aromatic carbocycles. The number of Topliss-reactive ketones (excluding diaryl/α,β-unsaturated/α-hetero) is 1. The highest BCUT2D eigenvalue weighted by Gasteiger charge is 2.69. The maximum atomic E-state index is 13.2. The summed E-state index contributed by atoms with van der Waals surface area (Å²) in [6.45, 7) is 8.21. The first-order chi connectivity index (χ1) is 11.1. The molecular weight excluding hydrogens is 304 g/mol. The molecule has 0 bridgehead atoms. The summed E-state index contributed by atoms with van der Waals surface area (Å²) in [5, 5.41) is 10.9. The molecule has 6 atom stereocenters. The van der Waals surface area contributed by atoms with Crippen LogP contribution in [0, 0.1) is 28.6 Å². The number of esters is 1. The fourth-order valence-electron chi connectivity index (χ4n) is 6.22. The Bertz CT molecular complexity index is 650. The van der Waals surface area contributed by atoms with Crippen LogP contribution in [0.25, 0.3) is 0 Å². The van der Waals surface area contributed by atoms with Crippen LogP contribution in [0.15, 0.2) is 11.6 Å². The van der Waals surface area contributed by atoms with Crippen molar-refractivity contribution < 1.29 is 19.4 Å². The first-order valence-electron chi connectivity index (χ1n) is 9.34. The third-order valence-corrected chi connectivity index (χ3v) is 7.76. The largest absolute Gasteiger partial charge is 0.453 e. The number of aliphatic hydroxyl groups is 1. The summed E-state index contributed by atoms with van der Waals surface area (Å²) < 4.78 is 5.63. The zero-order valence-electron chi connectivity index (χ0n) is 15.1. The normalized spacial score (nSPS) is 50.2. The highest BCUT2D eigenvalue weighted by Crippen LogP contribution is 2.66. The lowest BCUT2D eigenvalue weighted by atomic mass is 9.45. The molecule has 6 unspecified atom stereocenters. The van der Waals surface area contributed by atoms with Crippen LogP contribution in [0.5, 0.6) is 0 Å². The lowest BCUT2D eigenvalue weighted by molar-refractivity contribution is -0.151. The summed E-state index contributed by atoms with van der Waals surface area (Å²) in [6, 6.07) is 0. The average Bonchev–Trinajstić information content (AvgIpc) is 2.78. The molecule has 4 heteroatoms. The molecule has 1 aliphatic heterocycles. The van der Waals surface area contributed by atoms with Gasteiger partial charge in [-0.1, -0.05) is 27.2 Å². The van der Waals surface area contributed by atoms with Crippen molar-refractivity contribution >= 4 is 11.8 Å². The Balaban J connectivity index is 1.85. The second-order valence-electron chi connectivity index (χ2n) is 9.28. The van der Waals surface area contributed by atoms with Gasteiger partial charge in [0.2, 0.25) is 0 Å². The molecular formula is C20H28O4. The predicted molar refractivity (Wildman–Crippen MR) is 89.0 cm³/mol. The Hall–Kier alpha value is -1.16. The molecule has 132 valence electrons. The summed E-state index contributed by atoms with van der Waals surface area (Å²) >= 11 is 0. The van der Waals surface area contributed by atoms with E-state index >= 15 is 0 Å². The number of carbonyl (C=O) groups is 2. The molecule has 0 aromatic heterocycles. The minimum absolute atomic E-state index is 0.0221. The SMILES string of the molecule is CC(C)C1(O)C=C2C(=O)C3OC(=O)C4(C)CCCC(C)(C2CC1)C34. The molecule has 3 fully saturated rings. The zero-order chi connectivity index (χ0) is 17.5. The van der Waals surface area contributed by atoms with Gasteiger partial charge in [0.15, 0.2) is 11.9 Å². The van der Waals surface area contributed by atoms with Gasteiger partial charge in [0.05, 0.1) is 11.0 Å². The number of ether oxygens (including phenoxy) is 1. The van der Waals surface area contributed by atoms with Crippen LogP contribution in [0.4, 0.5) is 0 Å². The van der Waals surface area contributed by atoms with E-state index < -0.39 is 17.1 Å². The molecule has 24 heavy (non-hydrogen) atoms. The van der Waals surface area contributed by atoms with Gasteiger partial charge in [0.1, 0.15) is 0 Å². The van der Waals surface area contributed by atoms with E-state index in [-0.39, 0.29) is 34.9 Å². The van der Waals surface area contributed by atoms with E-state index in [1.165, 1.54) is 0 Å². The predicted octanol–water partition coefficient (Wildman–Crippen LogP) is 3.03. The average molecular weight is 332 g/mol. The number of carbonyl (C=O) groups excluding carboxylic acids is 2. The Morgan fingerprint density at radius 1 is 1.21 bits per heavy atom. The number of hydrogen-bond acceptors (Lipinski definition) is 4. The van der Waals surface area contributed by atoms with E-state index in [1.54, 1.807) is 0 Å². The van der Waals surface area contributed by atoms with E-state index in [4.69, 9.17) is 4.74 Å². The van der Waals surface area contributed by atoms with Crippen LogP contribution < -0.4 is 0 Å². The van der Waals surface area contributed by atoms with Gasteiger partial charge in [-0.05, 0) is 55.9 Å². The molecule has 0 radical (unpaired) electrons. The smallest absolute Gasteiger partial charge is 0.312 e. The molecule has 3 aliphatic carbocycles. The zero-order valence-corrected chi connectivity index (χ0v) is 15.1. The minimum Gasteiger partial charge on any atom is -0.453 e. The molecule has 4 rings (SSSR count). The van der Waals surface area contributed by atoms with Gasteiger partial charge in [0.25, 0.3) is 0 Å². The molecule has 2 saturated carbocycles. The molecule has 0 aromatic rings. The summed E-state index contributed by atoms with van der Waals surface area (Å²) in [4.78, 5) is 25.7. The summed E-state index contributed by atoms with van der Waals surface area (Å²) in [7, 11) is 0. The summed E-state index contributed by atoms with van der Waals surface area (Å²) in [5.41, 5.74) is -0.821. The van der Waals surface area contributed by atoms with E-state index in [0.29, 0.717) is 6.42 Å². The van der Waals surface area contributed by atoms with Crippen LogP contribution in [0.3, 0.4) is 0 Å². The second kappa shape index (κ2) is 4.72. The topological polar surface area (TPSA) is 63.6 Å². The van der Waals surface area contributed by atoms with Crippen molar-refractivity contribution in [1.29, 1.82) is 0 Å². The molecule has 0 spiro atoms. The summed E-state index contributed by atoms with van der Waals surface area (Å²) in [6.07, 6.45) is 5.50. The third-order valence-electron chi connectivity index (χ3n) is 7.76. The summed E-state index contributed by atoms with van der Waals surface area (Å²) in [5.74, 6) is -0.0760. The fraction of sp³-hybridized carbons (Fsp3) is 0.800. The van der Waals surface area contributed by atoms with Crippen molar-refractivity contribution in [3.8, 4) is 0 Å². The van der Waals surface area contributed by atoms with Gasteiger partial charge < -0.3 is 9.84 Å². The van der Waals surface area contributed by atoms with Crippen molar-refractivity contribution in [2.24, 2.45) is 28.6 Å². The minimum atomic E-state index is -0.925.